The number of ether oxygens (including phenoxy) is 1. The van der Waals surface area contributed by atoms with Crippen molar-refractivity contribution in [2.45, 2.75) is 20.3 Å². The zero-order valence-corrected chi connectivity index (χ0v) is 13.7. The van der Waals surface area contributed by atoms with Crippen LogP contribution in [0.4, 0.5) is 5.69 Å². The van der Waals surface area contributed by atoms with Crippen LogP contribution >= 0.6 is 0 Å². The maximum atomic E-state index is 11.9. The van der Waals surface area contributed by atoms with Gasteiger partial charge in [-0.2, -0.15) is 0 Å². The number of carbonyl (C=O) groups is 1. The number of hydrogen-bond acceptors (Lipinski definition) is 2. The quantitative estimate of drug-likeness (QED) is 0.749. The second kappa shape index (κ2) is 8.79. The number of benzene rings is 2. The molecule has 0 aliphatic carbocycles. The molecule has 3 heteroatoms. The lowest BCUT2D eigenvalue weighted by Crippen LogP contribution is -2.07. The fourth-order valence-electron chi connectivity index (χ4n) is 1.97. The minimum absolute atomic E-state index is 0.151. The van der Waals surface area contributed by atoms with E-state index in [2.05, 4.69) is 19.2 Å². The first-order valence-corrected chi connectivity index (χ1v) is 7.90. The first-order chi connectivity index (χ1) is 11.1. The van der Waals surface area contributed by atoms with Crippen molar-refractivity contribution in [2.24, 2.45) is 5.92 Å². The van der Waals surface area contributed by atoms with Gasteiger partial charge in [0.2, 0.25) is 5.91 Å². The van der Waals surface area contributed by atoms with Gasteiger partial charge in [-0.25, -0.2) is 0 Å². The Labute approximate surface area is 138 Å². The zero-order chi connectivity index (χ0) is 16.5. The Bertz CT molecular complexity index is 630. The van der Waals surface area contributed by atoms with Crippen LogP contribution in [-0.4, -0.2) is 12.5 Å². The summed E-state index contributed by atoms with van der Waals surface area (Å²) in [7, 11) is 0. The van der Waals surface area contributed by atoms with E-state index >= 15 is 0 Å². The van der Waals surface area contributed by atoms with Crippen LogP contribution in [0.2, 0.25) is 0 Å². The van der Waals surface area contributed by atoms with E-state index in [0.717, 1.165) is 23.4 Å². The third-order valence-electron chi connectivity index (χ3n) is 3.31. The van der Waals surface area contributed by atoms with Crippen LogP contribution in [0.25, 0.3) is 6.08 Å². The average molecular weight is 309 g/mol. The van der Waals surface area contributed by atoms with Gasteiger partial charge in [-0.05, 0) is 48.2 Å². The van der Waals surface area contributed by atoms with Gasteiger partial charge in [0.05, 0.1) is 6.61 Å². The Morgan fingerprint density at radius 3 is 2.43 bits per heavy atom. The number of carbonyl (C=O) groups excluding carboxylic acids is 1. The molecule has 2 aromatic carbocycles. The summed E-state index contributed by atoms with van der Waals surface area (Å²) < 4.78 is 5.66. The molecule has 0 bridgehead atoms. The fraction of sp³-hybridized carbons (Fsp3) is 0.250. The van der Waals surface area contributed by atoms with Gasteiger partial charge < -0.3 is 10.1 Å². The lowest BCUT2D eigenvalue weighted by molar-refractivity contribution is -0.111. The molecule has 1 N–H and O–H groups in total. The summed E-state index contributed by atoms with van der Waals surface area (Å²) >= 11 is 0. The van der Waals surface area contributed by atoms with Crippen molar-refractivity contribution in [2.75, 3.05) is 11.9 Å². The smallest absolute Gasteiger partial charge is 0.248 e. The maximum absolute atomic E-state index is 11.9. The Morgan fingerprint density at radius 1 is 1.09 bits per heavy atom. The van der Waals surface area contributed by atoms with Crippen LogP contribution in [0.1, 0.15) is 25.8 Å². The van der Waals surface area contributed by atoms with Gasteiger partial charge in [-0.15, -0.1) is 0 Å². The first kappa shape index (κ1) is 16.8. The second-order valence-electron chi connectivity index (χ2n) is 5.79. The van der Waals surface area contributed by atoms with Crippen molar-refractivity contribution in [3.63, 3.8) is 0 Å². The maximum Gasteiger partial charge on any atom is 0.248 e. The highest BCUT2D eigenvalue weighted by Crippen LogP contribution is 2.16. The van der Waals surface area contributed by atoms with Crippen molar-refractivity contribution in [1.82, 2.24) is 0 Å². The summed E-state index contributed by atoms with van der Waals surface area (Å²) in [6.45, 7) is 5.05. The number of anilines is 1. The van der Waals surface area contributed by atoms with Crippen molar-refractivity contribution in [3.05, 3.63) is 66.2 Å². The van der Waals surface area contributed by atoms with Crippen LogP contribution in [0.3, 0.4) is 0 Å². The van der Waals surface area contributed by atoms with E-state index in [9.17, 15) is 4.79 Å². The predicted molar refractivity (Wildman–Crippen MR) is 95.5 cm³/mol. The van der Waals surface area contributed by atoms with E-state index in [1.54, 1.807) is 6.08 Å². The molecule has 0 spiro atoms. The molecule has 0 radical (unpaired) electrons. The lowest BCUT2D eigenvalue weighted by Gasteiger charge is -2.09. The van der Waals surface area contributed by atoms with Gasteiger partial charge in [-0.3, -0.25) is 4.79 Å². The molecule has 0 atom stereocenters. The van der Waals surface area contributed by atoms with Crippen molar-refractivity contribution in [1.29, 1.82) is 0 Å². The second-order valence-corrected chi connectivity index (χ2v) is 5.79. The van der Waals surface area contributed by atoms with Gasteiger partial charge in [0, 0.05) is 11.8 Å². The molecule has 3 nitrogen and oxygen atoms in total. The van der Waals surface area contributed by atoms with Crippen molar-refractivity contribution in [3.8, 4) is 5.75 Å². The largest absolute Gasteiger partial charge is 0.494 e. The highest BCUT2D eigenvalue weighted by atomic mass is 16.5. The lowest BCUT2D eigenvalue weighted by atomic mass is 10.1. The number of amides is 1. The molecule has 0 saturated heterocycles. The van der Waals surface area contributed by atoms with Gasteiger partial charge in [-0.1, -0.05) is 44.2 Å². The topological polar surface area (TPSA) is 38.3 Å². The molecule has 0 unspecified atom stereocenters. The molecular formula is C20H23NO2. The Balaban J connectivity index is 1.83. The molecule has 0 aliphatic rings. The molecule has 23 heavy (non-hydrogen) atoms. The molecule has 120 valence electrons. The summed E-state index contributed by atoms with van der Waals surface area (Å²) in [4.78, 5) is 11.9. The van der Waals surface area contributed by atoms with E-state index in [1.807, 2.05) is 54.6 Å². The average Bonchev–Trinajstić information content (AvgIpc) is 2.55. The molecule has 2 aromatic rings. The van der Waals surface area contributed by atoms with Gasteiger partial charge in [0.15, 0.2) is 0 Å². The van der Waals surface area contributed by atoms with E-state index in [0.29, 0.717) is 12.5 Å². The third-order valence-corrected chi connectivity index (χ3v) is 3.31. The molecule has 2 rings (SSSR count). The number of rotatable bonds is 7. The SMILES string of the molecule is CC(C)CCOc1ccc(NC(=O)C=Cc2ccccc2)cc1. The normalized spacial score (nSPS) is 10.9. The van der Waals surface area contributed by atoms with Gasteiger partial charge in [0.1, 0.15) is 5.75 Å². The van der Waals surface area contributed by atoms with Gasteiger partial charge >= 0.3 is 0 Å². The van der Waals surface area contributed by atoms with Crippen LogP contribution < -0.4 is 10.1 Å². The molecule has 0 saturated carbocycles. The summed E-state index contributed by atoms with van der Waals surface area (Å²) in [5.74, 6) is 1.30. The van der Waals surface area contributed by atoms with E-state index in [4.69, 9.17) is 4.74 Å². The van der Waals surface area contributed by atoms with E-state index < -0.39 is 0 Å². The van der Waals surface area contributed by atoms with Crippen LogP contribution in [0.15, 0.2) is 60.7 Å². The Morgan fingerprint density at radius 2 is 1.78 bits per heavy atom. The van der Waals surface area contributed by atoms with Crippen molar-refractivity contribution < 1.29 is 9.53 Å². The zero-order valence-electron chi connectivity index (χ0n) is 13.7. The summed E-state index contributed by atoms with van der Waals surface area (Å²) in [6.07, 6.45) is 4.35. The molecular weight excluding hydrogens is 286 g/mol. The molecule has 0 aliphatic heterocycles. The summed E-state index contributed by atoms with van der Waals surface area (Å²) in [6, 6.07) is 17.2. The summed E-state index contributed by atoms with van der Waals surface area (Å²) in [5.41, 5.74) is 1.75. The predicted octanol–water partition coefficient (Wildman–Crippen LogP) is 4.76. The minimum atomic E-state index is -0.151. The van der Waals surface area contributed by atoms with E-state index in [1.165, 1.54) is 6.08 Å². The minimum Gasteiger partial charge on any atom is -0.494 e. The van der Waals surface area contributed by atoms with Crippen LogP contribution in [-0.2, 0) is 4.79 Å². The Hall–Kier alpha value is -2.55. The van der Waals surface area contributed by atoms with Gasteiger partial charge in [0.25, 0.3) is 0 Å². The molecule has 1 amide bonds. The Kier molecular flexibility index (Phi) is 6.42. The number of hydrogen-bond donors (Lipinski definition) is 1. The summed E-state index contributed by atoms with van der Waals surface area (Å²) in [5, 5.41) is 2.83. The molecule has 0 fully saturated rings. The first-order valence-electron chi connectivity index (χ1n) is 7.90. The monoisotopic (exact) mass is 309 g/mol. The van der Waals surface area contributed by atoms with Crippen LogP contribution in [0.5, 0.6) is 5.75 Å². The highest BCUT2D eigenvalue weighted by Gasteiger charge is 2.00. The van der Waals surface area contributed by atoms with E-state index in [-0.39, 0.29) is 5.91 Å². The van der Waals surface area contributed by atoms with Crippen molar-refractivity contribution >= 4 is 17.7 Å². The fourth-order valence-corrected chi connectivity index (χ4v) is 1.97. The molecule has 0 aromatic heterocycles. The van der Waals surface area contributed by atoms with Crippen LogP contribution in [0, 0.1) is 5.92 Å². The standard InChI is InChI=1S/C20H23NO2/c1-16(2)14-15-23-19-11-9-18(10-12-19)21-20(22)13-8-17-6-4-3-5-7-17/h3-13,16H,14-15H2,1-2H3,(H,21,22). The third kappa shape index (κ3) is 6.39. The highest BCUT2D eigenvalue weighted by molar-refractivity contribution is 6.01. The number of nitrogens with one attached hydrogen (secondary N) is 1. The molecule has 0 heterocycles.